The first-order valence-electron chi connectivity index (χ1n) is 7.21. The van der Waals surface area contributed by atoms with Gasteiger partial charge in [-0.1, -0.05) is 5.21 Å². The van der Waals surface area contributed by atoms with Crippen LogP contribution >= 0.6 is 0 Å². The third-order valence-corrected chi connectivity index (χ3v) is 3.94. The molecule has 0 bridgehead atoms. The molecule has 120 valence electrons. The maximum Gasteiger partial charge on any atom is 0.299 e. The number of fused-ring (bicyclic) bond motifs is 1. The Balaban J connectivity index is 1.64. The van der Waals surface area contributed by atoms with Gasteiger partial charge < -0.3 is 4.90 Å². The third-order valence-electron chi connectivity index (χ3n) is 3.94. The number of rotatable bonds is 3. The second-order valence-electron chi connectivity index (χ2n) is 5.38. The van der Waals surface area contributed by atoms with Crippen molar-refractivity contribution >= 4 is 11.5 Å². The van der Waals surface area contributed by atoms with Crippen LogP contribution in [0.25, 0.3) is 5.65 Å². The van der Waals surface area contributed by atoms with Gasteiger partial charge in [-0.15, -0.1) is 25.5 Å². The molecule has 1 aliphatic heterocycles. The number of aromatic nitrogens is 8. The van der Waals surface area contributed by atoms with Crippen LogP contribution in [0, 0.1) is 0 Å². The molecule has 23 heavy (non-hydrogen) atoms. The molecule has 0 spiro atoms. The molecule has 1 atom stereocenters. The fourth-order valence-electron chi connectivity index (χ4n) is 2.84. The van der Waals surface area contributed by atoms with Crippen LogP contribution in [0.5, 0.6) is 0 Å². The molecule has 1 N–H and O–H groups in total. The van der Waals surface area contributed by atoms with Crippen LogP contribution in [-0.4, -0.2) is 53.5 Å². The Morgan fingerprint density at radius 1 is 1.22 bits per heavy atom. The van der Waals surface area contributed by atoms with Gasteiger partial charge in [0.25, 0.3) is 6.43 Å². The Labute approximate surface area is 128 Å². The fourth-order valence-corrected chi connectivity index (χ4v) is 2.84. The number of hydrogen-bond donors (Lipinski definition) is 1. The largest absolute Gasteiger partial charge is 0.354 e. The molecule has 0 amide bonds. The Kier molecular flexibility index (Phi) is 3.32. The zero-order chi connectivity index (χ0) is 15.8. The summed E-state index contributed by atoms with van der Waals surface area (Å²) in [5, 5.41) is 25.6. The second kappa shape index (κ2) is 5.48. The van der Waals surface area contributed by atoms with Gasteiger partial charge in [0.1, 0.15) is 5.82 Å². The Hall–Kier alpha value is -2.72. The van der Waals surface area contributed by atoms with Crippen LogP contribution in [0.15, 0.2) is 12.1 Å². The summed E-state index contributed by atoms with van der Waals surface area (Å²) in [7, 11) is 0. The van der Waals surface area contributed by atoms with Gasteiger partial charge in [0.2, 0.25) is 5.82 Å². The first-order valence-corrected chi connectivity index (χ1v) is 7.21. The molecule has 3 aromatic heterocycles. The topological polar surface area (TPSA) is 101 Å². The quantitative estimate of drug-likeness (QED) is 0.766. The summed E-state index contributed by atoms with van der Waals surface area (Å²) in [4.78, 5) is 2.03. The average Bonchev–Trinajstić information content (AvgIpc) is 3.24. The zero-order valence-corrected chi connectivity index (χ0v) is 12.0. The molecule has 0 radical (unpaired) electrons. The first-order chi connectivity index (χ1) is 11.2. The number of alkyl halides is 2. The summed E-state index contributed by atoms with van der Waals surface area (Å²) in [5.74, 6) is 0.949. The smallest absolute Gasteiger partial charge is 0.299 e. The minimum absolute atomic E-state index is 0.135. The number of hydrogen-bond acceptors (Lipinski definition) is 7. The number of piperidine rings is 1. The number of H-pyrrole nitrogens is 1. The second-order valence-corrected chi connectivity index (χ2v) is 5.38. The highest BCUT2D eigenvalue weighted by molar-refractivity contribution is 5.46. The maximum atomic E-state index is 12.9. The Morgan fingerprint density at radius 2 is 2.13 bits per heavy atom. The average molecular weight is 321 g/mol. The lowest BCUT2D eigenvalue weighted by Gasteiger charge is -2.31. The molecular formula is C12H13F2N9. The molecule has 4 heterocycles. The van der Waals surface area contributed by atoms with E-state index in [2.05, 4.69) is 35.9 Å². The van der Waals surface area contributed by atoms with Crippen molar-refractivity contribution in [3.8, 4) is 0 Å². The number of nitrogens with one attached hydrogen (secondary N) is 1. The van der Waals surface area contributed by atoms with Crippen LogP contribution in [0.3, 0.4) is 0 Å². The van der Waals surface area contributed by atoms with Crippen molar-refractivity contribution in [2.45, 2.75) is 25.2 Å². The molecule has 9 nitrogen and oxygen atoms in total. The molecule has 4 rings (SSSR count). The van der Waals surface area contributed by atoms with Crippen LogP contribution in [-0.2, 0) is 0 Å². The predicted octanol–water partition coefficient (Wildman–Crippen LogP) is 0.959. The van der Waals surface area contributed by atoms with E-state index in [4.69, 9.17) is 0 Å². The van der Waals surface area contributed by atoms with E-state index in [9.17, 15) is 8.78 Å². The van der Waals surface area contributed by atoms with Gasteiger partial charge in [0, 0.05) is 19.0 Å². The summed E-state index contributed by atoms with van der Waals surface area (Å²) >= 11 is 0. The van der Waals surface area contributed by atoms with E-state index >= 15 is 0 Å². The van der Waals surface area contributed by atoms with E-state index < -0.39 is 12.2 Å². The lowest BCUT2D eigenvalue weighted by molar-refractivity contribution is 0.137. The van der Waals surface area contributed by atoms with E-state index in [0.29, 0.717) is 23.8 Å². The molecule has 0 aromatic carbocycles. The van der Waals surface area contributed by atoms with Crippen molar-refractivity contribution < 1.29 is 8.78 Å². The number of tetrazole rings is 1. The number of anilines is 1. The van der Waals surface area contributed by atoms with Crippen molar-refractivity contribution in [2.75, 3.05) is 18.0 Å². The van der Waals surface area contributed by atoms with Crippen molar-refractivity contribution in [3.05, 3.63) is 23.8 Å². The molecule has 1 saturated heterocycles. The van der Waals surface area contributed by atoms with E-state index in [1.807, 2.05) is 4.90 Å². The zero-order valence-electron chi connectivity index (χ0n) is 12.0. The molecule has 11 heteroatoms. The predicted molar refractivity (Wildman–Crippen MR) is 74.1 cm³/mol. The van der Waals surface area contributed by atoms with Crippen LogP contribution in [0.2, 0.25) is 0 Å². The lowest BCUT2D eigenvalue weighted by Crippen LogP contribution is -2.35. The van der Waals surface area contributed by atoms with Gasteiger partial charge in [-0.25, -0.2) is 8.78 Å². The van der Waals surface area contributed by atoms with E-state index in [0.717, 1.165) is 23.9 Å². The molecular weight excluding hydrogens is 308 g/mol. The molecule has 1 aliphatic rings. The highest BCUT2D eigenvalue weighted by atomic mass is 19.3. The van der Waals surface area contributed by atoms with Crippen molar-refractivity contribution in [1.29, 1.82) is 0 Å². The van der Waals surface area contributed by atoms with Crippen LogP contribution in [0.1, 0.15) is 36.8 Å². The molecule has 1 unspecified atom stereocenters. The minimum Gasteiger partial charge on any atom is -0.354 e. The summed E-state index contributed by atoms with van der Waals surface area (Å²) in [6.07, 6.45) is -0.836. The standard InChI is InChI=1S/C12H13F2N9/c13-10(14)12-18-15-8-3-4-9(19-23(8)12)22-5-1-2-7(6-22)11-16-20-21-17-11/h3-4,7,10H,1-2,5-6H2,(H,16,17,20,21). The van der Waals surface area contributed by atoms with E-state index in [1.54, 1.807) is 12.1 Å². The molecule has 0 aliphatic carbocycles. The number of nitrogens with zero attached hydrogens (tertiary/aromatic N) is 8. The molecule has 1 fully saturated rings. The van der Waals surface area contributed by atoms with Gasteiger partial charge in [-0.05, 0) is 25.0 Å². The Bertz CT molecular complexity index is 800. The number of halogens is 2. The van der Waals surface area contributed by atoms with E-state index in [1.165, 1.54) is 0 Å². The van der Waals surface area contributed by atoms with Gasteiger partial charge >= 0.3 is 0 Å². The van der Waals surface area contributed by atoms with Crippen LogP contribution in [0.4, 0.5) is 14.6 Å². The summed E-state index contributed by atoms with van der Waals surface area (Å²) < 4.78 is 27.0. The highest BCUT2D eigenvalue weighted by Crippen LogP contribution is 2.27. The Morgan fingerprint density at radius 3 is 2.91 bits per heavy atom. The normalized spacial score (nSPS) is 18.9. The summed E-state index contributed by atoms with van der Waals surface area (Å²) in [5.41, 5.74) is 0.302. The van der Waals surface area contributed by atoms with Crippen molar-refractivity contribution in [1.82, 2.24) is 40.4 Å². The summed E-state index contributed by atoms with van der Waals surface area (Å²) in [6.45, 7) is 1.45. The lowest BCUT2D eigenvalue weighted by atomic mass is 9.97. The number of aromatic amines is 1. The fraction of sp³-hybridized carbons (Fsp3) is 0.500. The van der Waals surface area contributed by atoms with Gasteiger partial charge in [0.15, 0.2) is 11.5 Å². The van der Waals surface area contributed by atoms with Gasteiger partial charge in [-0.3, -0.25) is 0 Å². The monoisotopic (exact) mass is 321 g/mol. The van der Waals surface area contributed by atoms with Crippen LogP contribution < -0.4 is 4.90 Å². The van der Waals surface area contributed by atoms with E-state index in [-0.39, 0.29) is 5.92 Å². The maximum absolute atomic E-state index is 12.9. The summed E-state index contributed by atoms with van der Waals surface area (Å²) in [6, 6.07) is 3.40. The van der Waals surface area contributed by atoms with Gasteiger partial charge in [-0.2, -0.15) is 9.73 Å². The van der Waals surface area contributed by atoms with Crippen molar-refractivity contribution in [2.24, 2.45) is 0 Å². The SMILES string of the molecule is FC(F)c1nnc2ccc(N3CCCC(c4nn[nH]n4)C3)nn12. The van der Waals surface area contributed by atoms with Crippen molar-refractivity contribution in [3.63, 3.8) is 0 Å². The van der Waals surface area contributed by atoms with Gasteiger partial charge in [0.05, 0.1) is 0 Å². The minimum atomic E-state index is -2.72. The molecule has 0 saturated carbocycles. The molecule has 3 aromatic rings. The third kappa shape index (κ3) is 2.47. The highest BCUT2D eigenvalue weighted by Gasteiger charge is 2.26. The first kappa shape index (κ1) is 13.9.